The molecule has 0 aromatic carbocycles. The van der Waals surface area contributed by atoms with Gasteiger partial charge in [0.25, 0.3) is 0 Å². The van der Waals surface area contributed by atoms with E-state index in [4.69, 9.17) is 14.5 Å². The Morgan fingerprint density at radius 2 is 1.91 bits per heavy atom. The molecule has 1 amide bonds. The molecule has 6 rings (SSSR count). The average molecular weight is 615 g/mol. The molecular weight excluding hydrogens is 576 g/mol. The molecule has 0 radical (unpaired) electrons. The zero-order chi connectivity index (χ0) is 30.9. The van der Waals surface area contributed by atoms with Crippen LogP contribution >= 0.6 is 11.3 Å². The topological polar surface area (TPSA) is 139 Å². The first-order chi connectivity index (χ1) is 21.2. The second-order valence-electron chi connectivity index (χ2n) is 12.7. The number of rotatable bonds is 6. The van der Waals surface area contributed by atoms with Crippen LogP contribution in [-0.2, 0) is 9.47 Å². The van der Waals surface area contributed by atoms with Gasteiger partial charge in [-0.15, -0.1) is 10.2 Å². The second-order valence-corrected chi connectivity index (χ2v) is 13.7. The molecule has 2 N–H and O–H groups in total. The second kappa shape index (κ2) is 12.1. The summed E-state index contributed by atoms with van der Waals surface area (Å²) in [5.74, 6) is 0.270. The Bertz CT molecular complexity index is 1690. The Morgan fingerprint density at radius 3 is 2.61 bits per heavy atom. The van der Waals surface area contributed by atoms with Gasteiger partial charge in [0, 0.05) is 42.6 Å². The van der Waals surface area contributed by atoms with E-state index in [0.717, 1.165) is 89.9 Å². The Balaban J connectivity index is 1.28. The Morgan fingerprint density at radius 1 is 1.14 bits per heavy atom. The first-order valence-electron chi connectivity index (χ1n) is 15.1. The molecule has 2 fully saturated rings. The van der Waals surface area contributed by atoms with E-state index >= 15 is 0 Å². The highest BCUT2D eigenvalue weighted by atomic mass is 32.1. The van der Waals surface area contributed by atoms with E-state index in [2.05, 4.69) is 58.8 Å². The third kappa shape index (κ3) is 5.86. The van der Waals surface area contributed by atoms with Crippen molar-refractivity contribution >= 4 is 28.6 Å². The van der Waals surface area contributed by atoms with E-state index in [1.807, 2.05) is 24.4 Å². The summed E-state index contributed by atoms with van der Waals surface area (Å²) in [7, 11) is 1.41. The fourth-order valence-electron chi connectivity index (χ4n) is 6.38. The minimum atomic E-state index is -0.382. The number of aromatic nitrogens is 5. The number of carbonyl (C=O) groups excluding carboxylic acids is 1. The Hall–Kier alpha value is -4.08. The van der Waals surface area contributed by atoms with Gasteiger partial charge in [-0.2, -0.15) is 10.4 Å². The van der Waals surface area contributed by atoms with Crippen molar-refractivity contribution in [2.24, 2.45) is 5.41 Å². The van der Waals surface area contributed by atoms with Crippen molar-refractivity contribution in [1.82, 2.24) is 30.1 Å². The van der Waals surface area contributed by atoms with Gasteiger partial charge in [-0.05, 0) is 68.2 Å². The average Bonchev–Trinajstić information content (AvgIpc) is 3.69. The lowest BCUT2D eigenvalue weighted by Gasteiger charge is -2.49. The first-order valence-corrected chi connectivity index (χ1v) is 15.9. The van der Waals surface area contributed by atoms with Crippen LogP contribution in [0.3, 0.4) is 0 Å². The molecule has 12 heteroatoms. The number of nitriles is 1. The number of pyridine rings is 1. The molecule has 230 valence electrons. The maximum absolute atomic E-state index is 12.2. The lowest BCUT2D eigenvalue weighted by Crippen LogP contribution is -2.58. The maximum atomic E-state index is 12.2. The van der Waals surface area contributed by atoms with Crippen molar-refractivity contribution in [2.45, 2.75) is 76.8 Å². The van der Waals surface area contributed by atoms with Gasteiger partial charge in [0.05, 0.1) is 41.3 Å². The highest BCUT2D eigenvalue weighted by molar-refractivity contribution is 7.14. The van der Waals surface area contributed by atoms with Gasteiger partial charge in [0.15, 0.2) is 5.01 Å². The summed E-state index contributed by atoms with van der Waals surface area (Å²) in [6, 6.07) is 10.2. The molecule has 0 bridgehead atoms. The Kier molecular flexibility index (Phi) is 8.26. The van der Waals surface area contributed by atoms with Gasteiger partial charge in [-0.1, -0.05) is 32.1 Å². The van der Waals surface area contributed by atoms with Gasteiger partial charge in [-0.25, -0.2) is 9.31 Å². The first kappa shape index (κ1) is 30.0. The zero-order valence-electron chi connectivity index (χ0n) is 25.6. The molecule has 0 spiro atoms. The molecule has 4 aromatic heterocycles. The summed E-state index contributed by atoms with van der Waals surface area (Å²) in [6.07, 6.45) is 8.38. The number of ether oxygens (including phenoxy) is 2. The summed E-state index contributed by atoms with van der Waals surface area (Å²) in [4.78, 5) is 17.1. The molecule has 1 aliphatic heterocycles. The quantitative estimate of drug-likeness (QED) is 0.261. The smallest absolute Gasteiger partial charge is 0.407 e. The van der Waals surface area contributed by atoms with Crippen LogP contribution in [0.25, 0.3) is 27.5 Å². The van der Waals surface area contributed by atoms with Crippen LogP contribution in [0.4, 0.5) is 10.5 Å². The van der Waals surface area contributed by atoms with E-state index in [9.17, 15) is 10.1 Å². The molecule has 0 atom stereocenters. The molecule has 1 saturated heterocycles. The number of carbonyl (C=O) groups is 1. The highest BCUT2D eigenvalue weighted by Crippen LogP contribution is 2.47. The third-order valence-electron chi connectivity index (χ3n) is 9.20. The standard InChI is InChI=1S/C32H38N8O3S/c1-31(2,3)32(37-30(41)42-4)11-7-21(8-12-32)28-38-39-29(44-28)24-19-34-26(16-25(24)36-22-9-13-43-14-10-22)27-6-5-23-15-20(17-33)18-35-40(23)27/h5-6,15-16,18-19,21-22H,7-14H2,1-4H3,(H,34,36)(H,37,41). The monoisotopic (exact) mass is 614 g/mol. The summed E-state index contributed by atoms with van der Waals surface area (Å²) in [6.45, 7) is 7.97. The highest BCUT2D eigenvalue weighted by Gasteiger charge is 2.46. The van der Waals surface area contributed by atoms with E-state index in [-0.39, 0.29) is 29.0 Å². The predicted molar refractivity (Wildman–Crippen MR) is 168 cm³/mol. The number of nitrogens with zero attached hydrogens (tertiary/aromatic N) is 6. The number of nitrogens with one attached hydrogen (secondary N) is 2. The number of alkyl carbamates (subject to hydrolysis) is 1. The zero-order valence-corrected chi connectivity index (χ0v) is 26.4. The van der Waals surface area contributed by atoms with Gasteiger partial charge in [0.1, 0.15) is 11.1 Å². The van der Waals surface area contributed by atoms with Crippen LogP contribution in [0.1, 0.15) is 75.8 Å². The summed E-state index contributed by atoms with van der Waals surface area (Å²) in [5, 5.41) is 31.8. The van der Waals surface area contributed by atoms with E-state index in [0.29, 0.717) is 5.56 Å². The largest absolute Gasteiger partial charge is 0.453 e. The van der Waals surface area contributed by atoms with Crippen molar-refractivity contribution in [3.05, 3.63) is 47.2 Å². The Labute approximate surface area is 261 Å². The van der Waals surface area contributed by atoms with Crippen molar-refractivity contribution in [2.75, 3.05) is 25.6 Å². The van der Waals surface area contributed by atoms with Crippen molar-refractivity contribution in [3.63, 3.8) is 0 Å². The minimum absolute atomic E-state index is 0.116. The number of methoxy groups -OCH3 is 1. The van der Waals surface area contributed by atoms with Crippen molar-refractivity contribution in [1.29, 1.82) is 5.26 Å². The van der Waals surface area contributed by atoms with Crippen LogP contribution in [0, 0.1) is 16.7 Å². The van der Waals surface area contributed by atoms with E-state index in [1.54, 1.807) is 22.0 Å². The molecule has 0 unspecified atom stereocenters. The molecule has 1 aliphatic carbocycles. The number of anilines is 1. The fraction of sp³-hybridized carbons (Fsp3) is 0.500. The number of fused-ring (bicyclic) bond motifs is 1. The third-order valence-corrected chi connectivity index (χ3v) is 10.3. The lowest BCUT2D eigenvalue weighted by atomic mass is 9.63. The van der Waals surface area contributed by atoms with Crippen LogP contribution in [0.2, 0.25) is 0 Å². The fourth-order valence-corrected chi connectivity index (χ4v) is 7.41. The van der Waals surface area contributed by atoms with Crippen LogP contribution in [0.5, 0.6) is 0 Å². The normalized spacial score (nSPS) is 21.1. The maximum Gasteiger partial charge on any atom is 0.407 e. The van der Waals surface area contributed by atoms with Crippen LogP contribution < -0.4 is 10.6 Å². The summed E-state index contributed by atoms with van der Waals surface area (Å²) in [5.41, 5.74) is 4.38. The molecule has 1 saturated carbocycles. The summed E-state index contributed by atoms with van der Waals surface area (Å²) >= 11 is 1.62. The molecule has 5 heterocycles. The van der Waals surface area contributed by atoms with E-state index < -0.39 is 0 Å². The van der Waals surface area contributed by atoms with Gasteiger partial charge >= 0.3 is 6.09 Å². The molecule has 4 aromatic rings. The lowest BCUT2D eigenvalue weighted by molar-refractivity contribution is 0.0720. The molecule has 11 nitrogen and oxygen atoms in total. The number of hydrogen-bond donors (Lipinski definition) is 2. The van der Waals surface area contributed by atoms with Crippen LogP contribution in [-0.4, -0.2) is 62.8 Å². The van der Waals surface area contributed by atoms with Gasteiger partial charge < -0.3 is 20.1 Å². The van der Waals surface area contributed by atoms with Gasteiger partial charge in [-0.3, -0.25) is 4.98 Å². The molecule has 44 heavy (non-hydrogen) atoms. The molecule has 2 aliphatic rings. The number of amides is 1. The van der Waals surface area contributed by atoms with Crippen LogP contribution in [0.15, 0.2) is 36.7 Å². The molecular formula is C32H38N8O3S. The van der Waals surface area contributed by atoms with Gasteiger partial charge in [0.2, 0.25) is 0 Å². The van der Waals surface area contributed by atoms with E-state index in [1.165, 1.54) is 7.11 Å². The van der Waals surface area contributed by atoms with Crippen molar-refractivity contribution < 1.29 is 14.3 Å². The summed E-state index contributed by atoms with van der Waals surface area (Å²) < 4.78 is 12.4. The minimum Gasteiger partial charge on any atom is -0.453 e. The number of hydrogen-bond acceptors (Lipinski definition) is 10. The predicted octanol–water partition coefficient (Wildman–Crippen LogP) is 6.18. The van der Waals surface area contributed by atoms with Crippen molar-refractivity contribution in [3.8, 4) is 28.0 Å². The SMILES string of the molecule is COC(=O)NC1(C(C)(C)C)CCC(c2nnc(-c3cnc(-c4ccc5cc(C#N)cnn45)cc3NC3CCOCC3)s2)CC1.